The van der Waals surface area contributed by atoms with Crippen LogP contribution in [0.1, 0.15) is 6.42 Å². The van der Waals surface area contributed by atoms with Crippen LogP contribution in [-0.4, -0.2) is 35.0 Å². The third kappa shape index (κ3) is 4.34. The highest BCUT2D eigenvalue weighted by Gasteiger charge is 2.15. The fraction of sp³-hybridized carbons (Fsp3) is 0.167. The average Bonchev–Trinajstić information content (AvgIpc) is 3.26. The fourth-order valence-electron chi connectivity index (χ4n) is 3.30. The summed E-state index contributed by atoms with van der Waals surface area (Å²) >= 11 is 0. The molecule has 4 aromatic rings. The SMILES string of the molecule is COc1cccc(-c2nn(-c3ccccc3)cc2-c2ccnc(NCCCN)c2)c1. The van der Waals surface area contributed by atoms with Gasteiger partial charge in [0.1, 0.15) is 17.3 Å². The number of ether oxygens (including phenoxy) is 1. The Hall–Kier alpha value is -3.64. The number of aromatic nitrogens is 3. The summed E-state index contributed by atoms with van der Waals surface area (Å²) in [5.41, 5.74) is 10.5. The van der Waals surface area contributed by atoms with E-state index in [-0.39, 0.29) is 0 Å². The van der Waals surface area contributed by atoms with E-state index in [0.717, 1.165) is 52.6 Å². The van der Waals surface area contributed by atoms with Crippen molar-refractivity contribution >= 4 is 5.82 Å². The fourth-order valence-corrected chi connectivity index (χ4v) is 3.30. The molecule has 2 aromatic heterocycles. The van der Waals surface area contributed by atoms with E-state index < -0.39 is 0 Å². The van der Waals surface area contributed by atoms with Crippen LogP contribution in [0.4, 0.5) is 5.82 Å². The molecule has 0 unspecified atom stereocenters. The number of hydrogen-bond donors (Lipinski definition) is 2. The second-order valence-corrected chi connectivity index (χ2v) is 6.90. The van der Waals surface area contributed by atoms with Gasteiger partial charge in [-0.05, 0) is 54.9 Å². The number of nitrogens with two attached hydrogens (primary N) is 1. The standard InChI is InChI=1S/C24H25N5O/c1-30-21-10-5-7-19(15-21)24-22(17-29(28-24)20-8-3-2-4-9-20)18-11-14-27-23(16-18)26-13-6-12-25/h2-5,7-11,14-17H,6,12-13,25H2,1H3,(H,26,27). The molecule has 2 heterocycles. The molecular formula is C24H25N5O. The Labute approximate surface area is 176 Å². The van der Waals surface area contributed by atoms with Gasteiger partial charge in [0.15, 0.2) is 0 Å². The minimum atomic E-state index is 0.649. The minimum Gasteiger partial charge on any atom is -0.497 e. The minimum absolute atomic E-state index is 0.649. The molecule has 0 fully saturated rings. The summed E-state index contributed by atoms with van der Waals surface area (Å²) in [5.74, 6) is 1.62. The lowest BCUT2D eigenvalue weighted by Gasteiger charge is -2.08. The summed E-state index contributed by atoms with van der Waals surface area (Å²) < 4.78 is 7.33. The summed E-state index contributed by atoms with van der Waals surface area (Å²) in [6.07, 6.45) is 4.77. The summed E-state index contributed by atoms with van der Waals surface area (Å²) in [6, 6.07) is 22.1. The van der Waals surface area contributed by atoms with Crippen LogP contribution in [0.3, 0.4) is 0 Å². The predicted octanol–water partition coefficient (Wildman–Crippen LogP) is 4.37. The van der Waals surface area contributed by atoms with Crippen molar-refractivity contribution in [2.45, 2.75) is 6.42 Å². The van der Waals surface area contributed by atoms with Crippen molar-refractivity contribution in [3.8, 4) is 33.8 Å². The van der Waals surface area contributed by atoms with Crippen molar-refractivity contribution in [2.75, 3.05) is 25.5 Å². The highest BCUT2D eigenvalue weighted by molar-refractivity contribution is 5.82. The molecule has 2 aromatic carbocycles. The Morgan fingerprint density at radius 1 is 1.00 bits per heavy atom. The molecular weight excluding hydrogens is 374 g/mol. The maximum absolute atomic E-state index is 5.60. The lowest BCUT2D eigenvalue weighted by atomic mass is 10.0. The van der Waals surface area contributed by atoms with E-state index in [2.05, 4.69) is 16.5 Å². The first-order valence-corrected chi connectivity index (χ1v) is 9.98. The molecule has 0 saturated heterocycles. The molecule has 0 aliphatic heterocycles. The van der Waals surface area contributed by atoms with Gasteiger partial charge in [-0.3, -0.25) is 0 Å². The molecule has 0 spiro atoms. The van der Waals surface area contributed by atoms with Gasteiger partial charge in [-0.1, -0.05) is 30.3 Å². The van der Waals surface area contributed by atoms with Crippen molar-refractivity contribution < 1.29 is 4.74 Å². The van der Waals surface area contributed by atoms with Crippen molar-refractivity contribution in [2.24, 2.45) is 5.73 Å². The van der Waals surface area contributed by atoms with Crippen molar-refractivity contribution in [1.82, 2.24) is 14.8 Å². The molecule has 6 heteroatoms. The van der Waals surface area contributed by atoms with Gasteiger partial charge >= 0.3 is 0 Å². The van der Waals surface area contributed by atoms with E-state index in [1.54, 1.807) is 7.11 Å². The number of benzene rings is 2. The van der Waals surface area contributed by atoms with Crippen LogP contribution < -0.4 is 15.8 Å². The lowest BCUT2D eigenvalue weighted by Crippen LogP contribution is -2.09. The number of nitrogens with one attached hydrogen (secondary N) is 1. The van der Waals surface area contributed by atoms with E-state index in [0.29, 0.717) is 6.54 Å². The number of para-hydroxylation sites is 1. The van der Waals surface area contributed by atoms with Crippen LogP contribution in [-0.2, 0) is 0 Å². The van der Waals surface area contributed by atoms with Crippen LogP contribution >= 0.6 is 0 Å². The Kier molecular flexibility index (Phi) is 6.06. The lowest BCUT2D eigenvalue weighted by molar-refractivity contribution is 0.415. The Morgan fingerprint density at radius 2 is 1.87 bits per heavy atom. The average molecular weight is 399 g/mol. The maximum atomic E-state index is 5.60. The Morgan fingerprint density at radius 3 is 2.67 bits per heavy atom. The molecule has 0 aliphatic rings. The zero-order chi connectivity index (χ0) is 20.8. The van der Waals surface area contributed by atoms with E-state index in [4.69, 9.17) is 15.6 Å². The molecule has 0 aliphatic carbocycles. The summed E-state index contributed by atoms with van der Waals surface area (Å²) in [6.45, 7) is 1.44. The third-order valence-electron chi connectivity index (χ3n) is 4.84. The second-order valence-electron chi connectivity index (χ2n) is 6.90. The molecule has 0 bridgehead atoms. The molecule has 0 amide bonds. The van der Waals surface area contributed by atoms with Gasteiger partial charge in [-0.15, -0.1) is 0 Å². The van der Waals surface area contributed by atoms with E-state index in [1.807, 2.05) is 77.6 Å². The molecule has 4 rings (SSSR count). The monoisotopic (exact) mass is 399 g/mol. The van der Waals surface area contributed by atoms with Gasteiger partial charge in [-0.25, -0.2) is 9.67 Å². The Balaban J connectivity index is 1.80. The second kappa shape index (κ2) is 9.24. The Bertz CT molecular complexity index is 1110. The van der Waals surface area contributed by atoms with Crippen LogP contribution in [0.5, 0.6) is 5.75 Å². The summed E-state index contributed by atoms with van der Waals surface area (Å²) in [7, 11) is 1.67. The number of nitrogens with zero attached hydrogens (tertiary/aromatic N) is 3. The van der Waals surface area contributed by atoms with Gasteiger partial charge < -0.3 is 15.8 Å². The van der Waals surface area contributed by atoms with Crippen LogP contribution in [0.25, 0.3) is 28.1 Å². The van der Waals surface area contributed by atoms with Gasteiger partial charge in [0.25, 0.3) is 0 Å². The van der Waals surface area contributed by atoms with E-state index >= 15 is 0 Å². The van der Waals surface area contributed by atoms with Gasteiger partial charge in [0.05, 0.1) is 12.8 Å². The first-order valence-electron chi connectivity index (χ1n) is 9.98. The number of pyridine rings is 1. The van der Waals surface area contributed by atoms with Crippen LogP contribution in [0.15, 0.2) is 79.1 Å². The van der Waals surface area contributed by atoms with E-state index in [9.17, 15) is 0 Å². The topological polar surface area (TPSA) is 78.0 Å². The van der Waals surface area contributed by atoms with Crippen molar-refractivity contribution in [3.05, 3.63) is 79.1 Å². The van der Waals surface area contributed by atoms with E-state index in [1.165, 1.54) is 0 Å². The first-order chi connectivity index (χ1) is 14.8. The van der Waals surface area contributed by atoms with Gasteiger partial charge in [-0.2, -0.15) is 5.10 Å². The maximum Gasteiger partial charge on any atom is 0.126 e. The molecule has 152 valence electrons. The third-order valence-corrected chi connectivity index (χ3v) is 4.84. The zero-order valence-electron chi connectivity index (χ0n) is 17.0. The highest BCUT2D eigenvalue weighted by atomic mass is 16.5. The van der Waals surface area contributed by atoms with Crippen molar-refractivity contribution in [3.63, 3.8) is 0 Å². The molecule has 30 heavy (non-hydrogen) atoms. The van der Waals surface area contributed by atoms with Crippen molar-refractivity contribution in [1.29, 1.82) is 0 Å². The number of anilines is 1. The van der Waals surface area contributed by atoms with Crippen LogP contribution in [0.2, 0.25) is 0 Å². The summed E-state index contributed by atoms with van der Waals surface area (Å²) in [4.78, 5) is 4.43. The number of rotatable bonds is 8. The largest absolute Gasteiger partial charge is 0.497 e. The predicted molar refractivity (Wildman–Crippen MR) is 121 cm³/mol. The normalized spacial score (nSPS) is 10.7. The van der Waals surface area contributed by atoms with Gasteiger partial charge in [0, 0.05) is 30.1 Å². The van der Waals surface area contributed by atoms with Gasteiger partial charge in [0.2, 0.25) is 0 Å². The first kappa shape index (κ1) is 19.7. The molecule has 6 nitrogen and oxygen atoms in total. The molecule has 0 saturated carbocycles. The zero-order valence-corrected chi connectivity index (χ0v) is 17.0. The smallest absolute Gasteiger partial charge is 0.126 e. The number of hydrogen-bond acceptors (Lipinski definition) is 5. The molecule has 0 radical (unpaired) electrons. The summed E-state index contributed by atoms with van der Waals surface area (Å²) in [5, 5.41) is 8.24. The van der Waals surface area contributed by atoms with Crippen LogP contribution in [0, 0.1) is 0 Å². The molecule has 3 N–H and O–H groups in total. The quantitative estimate of drug-likeness (QED) is 0.430. The highest BCUT2D eigenvalue weighted by Crippen LogP contribution is 2.34. The number of methoxy groups -OCH3 is 1. The molecule has 0 atom stereocenters.